The molecule has 1 heterocycles. The summed E-state index contributed by atoms with van der Waals surface area (Å²) in [7, 11) is 0. The molecule has 0 amide bonds. The summed E-state index contributed by atoms with van der Waals surface area (Å²) < 4.78 is 11.7. The third kappa shape index (κ3) is 3.29. The van der Waals surface area contributed by atoms with Crippen LogP contribution in [0.1, 0.15) is 37.8 Å². The first-order chi connectivity index (χ1) is 10.2. The van der Waals surface area contributed by atoms with E-state index in [1.165, 1.54) is 5.56 Å². The number of nitrogens with one attached hydrogen (secondary N) is 1. The Bertz CT molecular complexity index is 445. The highest BCUT2D eigenvalue weighted by Gasteiger charge is 2.45. The van der Waals surface area contributed by atoms with Crippen molar-refractivity contribution in [3.63, 3.8) is 0 Å². The first-order valence-corrected chi connectivity index (χ1v) is 7.92. The van der Waals surface area contributed by atoms with Crippen LogP contribution >= 0.6 is 0 Å². The molecule has 1 spiro atoms. The highest BCUT2D eigenvalue weighted by Crippen LogP contribution is 2.39. The van der Waals surface area contributed by atoms with Crippen molar-refractivity contribution in [2.45, 2.75) is 44.1 Å². The van der Waals surface area contributed by atoms with E-state index in [9.17, 15) is 5.11 Å². The summed E-state index contributed by atoms with van der Waals surface area (Å²) in [5.74, 6) is -0.144. The fourth-order valence-electron chi connectivity index (χ4n) is 3.54. The summed E-state index contributed by atoms with van der Waals surface area (Å²) in [4.78, 5) is 0. The lowest BCUT2D eigenvalue weighted by Gasteiger charge is -2.42. The van der Waals surface area contributed by atoms with E-state index in [-0.39, 0.29) is 24.6 Å². The zero-order valence-corrected chi connectivity index (χ0v) is 12.6. The van der Waals surface area contributed by atoms with Crippen molar-refractivity contribution in [1.82, 2.24) is 5.32 Å². The first-order valence-electron chi connectivity index (χ1n) is 7.92. The normalized spacial score (nSPS) is 29.6. The molecule has 0 aromatic heterocycles. The SMILES string of the molecule is C[C@H](N[C@@H]1CC2(CC[C@H]1CO)OCCO2)c1ccccc1. The van der Waals surface area contributed by atoms with Crippen LogP contribution in [0.15, 0.2) is 30.3 Å². The predicted octanol–water partition coefficient (Wildman–Crippen LogP) is 2.24. The molecule has 0 bridgehead atoms. The molecule has 0 unspecified atom stereocenters. The Morgan fingerprint density at radius 3 is 2.67 bits per heavy atom. The second kappa shape index (κ2) is 6.44. The molecule has 2 aliphatic rings. The van der Waals surface area contributed by atoms with Crippen molar-refractivity contribution in [2.75, 3.05) is 19.8 Å². The minimum Gasteiger partial charge on any atom is -0.396 e. The number of aliphatic hydroxyl groups is 1. The number of benzene rings is 1. The van der Waals surface area contributed by atoms with E-state index in [2.05, 4.69) is 36.5 Å². The summed E-state index contributed by atoms with van der Waals surface area (Å²) >= 11 is 0. The molecular weight excluding hydrogens is 266 g/mol. The van der Waals surface area contributed by atoms with Crippen LogP contribution in [-0.4, -0.2) is 36.8 Å². The molecule has 1 aliphatic carbocycles. The Kier molecular flexibility index (Phi) is 4.60. The lowest BCUT2D eigenvalue weighted by Crippen LogP contribution is -2.50. The summed E-state index contributed by atoms with van der Waals surface area (Å²) in [6.07, 6.45) is 2.64. The number of ether oxygens (including phenoxy) is 2. The topological polar surface area (TPSA) is 50.7 Å². The standard InChI is InChI=1S/C17H25NO3/c1-13(14-5-3-2-4-6-14)18-16-11-17(20-9-10-21-17)8-7-15(16)12-19/h2-6,13,15-16,18-19H,7-12H2,1H3/t13-,15-,16+/m0/s1. The predicted molar refractivity (Wildman–Crippen MR) is 80.8 cm³/mol. The molecule has 1 aromatic rings. The monoisotopic (exact) mass is 291 g/mol. The van der Waals surface area contributed by atoms with Crippen molar-refractivity contribution >= 4 is 0 Å². The van der Waals surface area contributed by atoms with Gasteiger partial charge in [0.2, 0.25) is 0 Å². The molecule has 116 valence electrons. The quantitative estimate of drug-likeness (QED) is 0.893. The van der Waals surface area contributed by atoms with Crippen LogP contribution in [0.5, 0.6) is 0 Å². The van der Waals surface area contributed by atoms with Gasteiger partial charge in [-0.1, -0.05) is 30.3 Å². The molecule has 1 saturated carbocycles. The summed E-state index contributed by atoms with van der Waals surface area (Å²) in [5, 5.41) is 13.3. The third-order valence-electron chi connectivity index (χ3n) is 4.81. The second-order valence-electron chi connectivity index (χ2n) is 6.20. The fourth-order valence-corrected chi connectivity index (χ4v) is 3.54. The first kappa shape index (κ1) is 15.0. The Balaban J connectivity index is 1.68. The van der Waals surface area contributed by atoms with Gasteiger partial charge in [0.15, 0.2) is 5.79 Å². The van der Waals surface area contributed by atoms with Crippen molar-refractivity contribution in [3.8, 4) is 0 Å². The highest BCUT2D eigenvalue weighted by atomic mass is 16.7. The number of aliphatic hydroxyl groups excluding tert-OH is 1. The number of hydrogen-bond donors (Lipinski definition) is 2. The average molecular weight is 291 g/mol. The summed E-state index contributed by atoms with van der Waals surface area (Å²) in [5.41, 5.74) is 1.27. The fraction of sp³-hybridized carbons (Fsp3) is 0.647. The number of hydrogen-bond acceptors (Lipinski definition) is 4. The Morgan fingerprint density at radius 1 is 1.29 bits per heavy atom. The maximum absolute atomic E-state index is 9.65. The third-order valence-corrected chi connectivity index (χ3v) is 4.81. The minimum atomic E-state index is -0.417. The van der Waals surface area contributed by atoms with E-state index >= 15 is 0 Å². The van der Waals surface area contributed by atoms with Crippen LogP contribution in [0.2, 0.25) is 0 Å². The van der Waals surface area contributed by atoms with Crippen LogP contribution in [0.25, 0.3) is 0 Å². The molecule has 0 radical (unpaired) electrons. The van der Waals surface area contributed by atoms with Gasteiger partial charge in [-0.2, -0.15) is 0 Å². The van der Waals surface area contributed by atoms with Gasteiger partial charge in [-0.25, -0.2) is 0 Å². The Labute approximate surface area is 126 Å². The molecule has 1 aliphatic heterocycles. The van der Waals surface area contributed by atoms with Gasteiger partial charge in [0.1, 0.15) is 0 Å². The van der Waals surface area contributed by atoms with Crippen LogP contribution in [0.4, 0.5) is 0 Å². The molecule has 1 saturated heterocycles. The van der Waals surface area contributed by atoms with Crippen LogP contribution in [-0.2, 0) is 9.47 Å². The molecular formula is C17H25NO3. The lowest BCUT2D eigenvalue weighted by atomic mass is 9.80. The van der Waals surface area contributed by atoms with Gasteiger partial charge in [0.05, 0.1) is 13.2 Å². The Morgan fingerprint density at radius 2 is 2.00 bits per heavy atom. The van der Waals surface area contributed by atoms with E-state index < -0.39 is 5.79 Å². The smallest absolute Gasteiger partial charge is 0.170 e. The lowest BCUT2D eigenvalue weighted by molar-refractivity contribution is -0.190. The molecule has 21 heavy (non-hydrogen) atoms. The maximum atomic E-state index is 9.65. The van der Waals surface area contributed by atoms with Crippen molar-refractivity contribution < 1.29 is 14.6 Å². The zero-order chi connectivity index (χ0) is 14.7. The molecule has 3 atom stereocenters. The van der Waals surface area contributed by atoms with Gasteiger partial charge in [0, 0.05) is 31.5 Å². The van der Waals surface area contributed by atoms with Crippen LogP contribution in [0, 0.1) is 5.92 Å². The molecule has 4 nitrogen and oxygen atoms in total. The minimum absolute atomic E-state index is 0.218. The zero-order valence-electron chi connectivity index (χ0n) is 12.6. The van der Waals surface area contributed by atoms with E-state index in [0.29, 0.717) is 13.2 Å². The molecule has 4 heteroatoms. The largest absolute Gasteiger partial charge is 0.396 e. The Hall–Kier alpha value is -0.940. The van der Waals surface area contributed by atoms with E-state index in [1.807, 2.05) is 6.07 Å². The highest BCUT2D eigenvalue weighted by molar-refractivity contribution is 5.18. The van der Waals surface area contributed by atoms with E-state index in [4.69, 9.17) is 9.47 Å². The second-order valence-corrected chi connectivity index (χ2v) is 6.20. The molecule has 2 fully saturated rings. The van der Waals surface area contributed by atoms with Crippen LogP contribution in [0.3, 0.4) is 0 Å². The van der Waals surface area contributed by atoms with Crippen molar-refractivity contribution in [2.24, 2.45) is 5.92 Å². The van der Waals surface area contributed by atoms with Crippen molar-refractivity contribution in [3.05, 3.63) is 35.9 Å². The van der Waals surface area contributed by atoms with Gasteiger partial charge >= 0.3 is 0 Å². The van der Waals surface area contributed by atoms with E-state index in [0.717, 1.165) is 19.3 Å². The summed E-state index contributed by atoms with van der Waals surface area (Å²) in [6.45, 7) is 3.76. The van der Waals surface area contributed by atoms with Gasteiger partial charge in [-0.3, -0.25) is 0 Å². The molecule has 3 rings (SSSR count). The average Bonchev–Trinajstić information content (AvgIpc) is 2.96. The van der Waals surface area contributed by atoms with E-state index in [1.54, 1.807) is 0 Å². The van der Waals surface area contributed by atoms with Gasteiger partial charge in [-0.05, 0) is 24.8 Å². The summed E-state index contributed by atoms with van der Waals surface area (Å²) in [6, 6.07) is 10.9. The van der Waals surface area contributed by atoms with Crippen molar-refractivity contribution in [1.29, 1.82) is 0 Å². The molecule has 1 aromatic carbocycles. The molecule has 2 N–H and O–H groups in total. The van der Waals surface area contributed by atoms with Crippen LogP contribution < -0.4 is 5.32 Å². The van der Waals surface area contributed by atoms with Gasteiger partial charge < -0.3 is 19.9 Å². The van der Waals surface area contributed by atoms with Gasteiger partial charge in [-0.15, -0.1) is 0 Å². The number of rotatable bonds is 4. The maximum Gasteiger partial charge on any atom is 0.170 e. The van der Waals surface area contributed by atoms with Gasteiger partial charge in [0.25, 0.3) is 0 Å².